The van der Waals surface area contributed by atoms with Crippen LogP contribution in [0.25, 0.3) is 10.8 Å². The Morgan fingerprint density at radius 2 is 1.87 bits per heavy atom. The van der Waals surface area contributed by atoms with Gasteiger partial charge in [-0.1, -0.05) is 18.2 Å². The van der Waals surface area contributed by atoms with Gasteiger partial charge in [-0.25, -0.2) is 9.38 Å². The Bertz CT molecular complexity index is 1150. The number of hydrogen-bond acceptors (Lipinski definition) is 4. The topological polar surface area (TPSA) is 45.1 Å². The van der Waals surface area contributed by atoms with Crippen LogP contribution in [0.4, 0.5) is 10.1 Å². The van der Waals surface area contributed by atoms with E-state index in [0.717, 1.165) is 66.9 Å². The molecule has 1 fully saturated rings. The van der Waals surface area contributed by atoms with Gasteiger partial charge in [-0.15, -0.1) is 0 Å². The molecule has 1 amide bonds. The molecule has 6 heteroatoms. The Kier molecular flexibility index (Phi) is 5.38. The van der Waals surface area contributed by atoms with Gasteiger partial charge in [-0.05, 0) is 48.2 Å². The molecule has 0 atom stereocenters. The van der Waals surface area contributed by atoms with Crippen molar-refractivity contribution >= 4 is 28.6 Å². The number of rotatable bonds is 6. The van der Waals surface area contributed by atoms with Crippen LogP contribution in [0, 0.1) is 5.82 Å². The minimum atomic E-state index is -0.194. The number of benzene rings is 3. The number of nitrogens with zero attached hydrogens (tertiary/aromatic N) is 3. The van der Waals surface area contributed by atoms with Crippen molar-refractivity contribution in [2.45, 2.75) is 6.42 Å². The SMILES string of the molecule is O=C1N=Cc2cc(OCCCN3CCN(c4cccc5ccc(F)cc45)CC3)ccc21. The normalized spacial score (nSPS) is 16.2. The van der Waals surface area contributed by atoms with E-state index in [2.05, 4.69) is 20.9 Å². The van der Waals surface area contributed by atoms with Gasteiger partial charge in [-0.2, -0.15) is 0 Å². The summed E-state index contributed by atoms with van der Waals surface area (Å²) in [5, 5.41) is 2.05. The summed E-state index contributed by atoms with van der Waals surface area (Å²) in [6.45, 7) is 5.41. The molecule has 5 rings (SSSR count). The molecule has 3 aromatic carbocycles. The highest BCUT2D eigenvalue weighted by Gasteiger charge is 2.19. The first-order valence-electron chi connectivity index (χ1n) is 10.7. The van der Waals surface area contributed by atoms with Crippen LogP contribution in [0.1, 0.15) is 22.3 Å². The van der Waals surface area contributed by atoms with Crippen molar-refractivity contribution in [3.05, 3.63) is 71.5 Å². The third kappa shape index (κ3) is 4.16. The molecule has 3 aromatic rings. The lowest BCUT2D eigenvalue weighted by Gasteiger charge is -2.36. The van der Waals surface area contributed by atoms with Crippen LogP contribution in [0.2, 0.25) is 0 Å². The highest BCUT2D eigenvalue weighted by atomic mass is 19.1. The fourth-order valence-electron chi connectivity index (χ4n) is 4.32. The second-order valence-electron chi connectivity index (χ2n) is 7.99. The highest BCUT2D eigenvalue weighted by molar-refractivity contribution is 6.13. The predicted octanol–water partition coefficient (Wildman–Crippen LogP) is 4.14. The van der Waals surface area contributed by atoms with E-state index in [1.165, 1.54) is 6.07 Å². The number of halogens is 1. The van der Waals surface area contributed by atoms with Crippen molar-refractivity contribution in [1.82, 2.24) is 4.90 Å². The fourth-order valence-corrected chi connectivity index (χ4v) is 4.32. The number of anilines is 1. The first kappa shape index (κ1) is 19.7. The van der Waals surface area contributed by atoms with Crippen LogP contribution < -0.4 is 9.64 Å². The number of fused-ring (bicyclic) bond motifs is 2. The number of ether oxygens (including phenoxy) is 1. The number of hydrogen-bond donors (Lipinski definition) is 0. The van der Waals surface area contributed by atoms with E-state index in [1.807, 2.05) is 30.3 Å². The zero-order chi connectivity index (χ0) is 21.2. The average Bonchev–Trinajstić information content (AvgIpc) is 3.17. The van der Waals surface area contributed by atoms with Crippen molar-refractivity contribution in [3.8, 4) is 5.75 Å². The molecule has 2 aliphatic heterocycles. The lowest BCUT2D eigenvalue weighted by molar-refractivity contribution is 0.101. The van der Waals surface area contributed by atoms with Gasteiger partial charge in [0, 0.05) is 55.6 Å². The first-order valence-corrected chi connectivity index (χ1v) is 10.7. The summed E-state index contributed by atoms with van der Waals surface area (Å²) in [5.74, 6) is 0.392. The number of piperazine rings is 1. The molecule has 0 unspecified atom stereocenters. The van der Waals surface area contributed by atoms with Gasteiger partial charge in [0.25, 0.3) is 5.91 Å². The standard InChI is InChI=1S/C25H24FN3O2/c26-20-6-5-18-3-1-4-24(23(18)16-20)29-12-10-28(11-13-29)9-2-14-31-21-7-8-22-19(15-21)17-27-25(22)30/h1,3-8,15-17H,2,9-14H2. The minimum Gasteiger partial charge on any atom is -0.494 e. The average molecular weight is 417 g/mol. The predicted molar refractivity (Wildman–Crippen MR) is 121 cm³/mol. The molecular weight excluding hydrogens is 393 g/mol. The second kappa shape index (κ2) is 8.47. The van der Waals surface area contributed by atoms with E-state index in [4.69, 9.17) is 4.74 Å². The maximum Gasteiger partial charge on any atom is 0.277 e. The summed E-state index contributed by atoms with van der Waals surface area (Å²) in [6, 6.07) is 16.6. The summed E-state index contributed by atoms with van der Waals surface area (Å²) in [7, 11) is 0. The molecule has 2 aliphatic rings. The lowest BCUT2D eigenvalue weighted by atomic mass is 10.1. The van der Waals surface area contributed by atoms with Crippen LogP contribution >= 0.6 is 0 Å². The Balaban J connectivity index is 1.11. The summed E-state index contributed by atoms with van der Waals surface area (Å²) in [5.41, 5.74) is 2.57. The van der Waals surface area contributed by atoms with E-state index in [-0.39, 0.29) is 11.7 Å². The molecule has 5 nitrogen and oxygen atoms in total. The lowest BCUT2D eigenvalue weighted by Crippen LogP contribution is -2.46. The van der Waals surface area contributed by atoms with E-state index >= 15 is 0 Å². The van der Waals surface area contributed by atoms with Crippen molar-refractivity contribution < 1.29 is 13.9 Å². The molecule has 1 saturated heterocycles. The van der Waals surface area contributed by atoms with Crippen molar-refractivity contribution in [2.75, 3.05) is 44.2 Å². The van der Waals surface area contributed by atoms with Gasteiger partial charge in [0.05, 0.1) is 12.2 Å². The van der Waals surface area contributed by atoms with Crippen LogP contribution in [-0.2, 0) is 0 Å². The van der Waals surface area contributed by atoms with Crippen molar-refractivity contribution in [1.29, 1.82) is 0 Å². The number of aliphatic imine (C=N–C) groups is 1. The molecule has 2 heterocycles. The maximum absolute atomic E-state index is 13.8. The monoisotopic (exact) mass is 417 g/mol. The Morgan fingerprint density at radius 1 is 1.00 bits per heavy atom. The van der Waals surface area contributed by atoms with E-state index < -0.39 is 0 Å². The van der Waals surface area contributed by atoms with Gasteiger partial charge < -0.3 is 9.64 Å². The third-order valence-electron chi connectivity index (χ3n) is 6.00. The van der Waals surface area contributed by atoms with Gasteiger partial charge in [0.2, 0.25) is 0 Å². The largest absolute Gasteiger partial charge is 0.494 e. The molecule has 0 saturated carbocycles. The molecule has 0 bridgehead atoms. The molecule has 0 aliphatic carbocycles. The van der Waals surface area contributed by atoms with Gasteiger partial charge in [0.15, 0.2) is 0 Å². The third-order valence-corrected chi connectivity index (χ3v) is 6.00. The molecule has 0 spiro atoms. The van der Waals surface area contributed by atoms with E-state index in [1.54, 1.807) is 18.3 Å². The van der Waals surface area contributed by atoms with Crippen molar-refractivity contribution in [3.63, 3.8) is 0 Å². The molecule has 158 valence electrons. The van der Waals surface area contributed by atoms with Crippen LogP contribution in [0.3, 0.4) is 0 Å². The summed E-state index contributed by atoms with van der Waals surface area (Å²) in [4.78, 5) is 20.1. The second-order valence-corrected chi connectivity index (χ2v) is 7.99. The van der Waals surface area contributed by atoms with Crippen LogP contribution in [-0.4, -0.2) is 56.4 Å². The fraction of sp³-hybridized carbons (Fsp3) is 0.280. The number of amides is 1. The molecular formula is C25H24FN3O2. The molecule has 0 N–H and O–H groups in total. The molecule has 0 aromatic heterocycles. The highest BCUT2D eigenvalue weighted by Crippen LogP contribution is 2.28. The molecule has 31 heavy (non-hydrogen) atoms. The quantitative estimate of drug-likeness (QED) is 0.566. The van der Waals surface area contributed by atoms with Crippen molar-refractivity contribution in [2.24, 2.45) is 4.99 Å². The number of carbonyl (C=O) groups is 1. The minimum absolute atomic E-state index is 0.186. The summed E-state index contributed by atoms with van der Waals surface area (Å²) in [6.07, 6.45) is 2.53. The van der Waals surface area contributed by atoms with Gasteiger partial charge in [-0.3, -0.25) is 9.69 Å². The summed E-state index contributed by atoms with van der Waals surface area (Å²) >= 11 is 0. The Hall–Kier alpha value is -3.25. The number of carbonyl (C=O) groups excluding carboxylic acids is 1. The maximum atomic E-state index is 13.8. The van der Waals surface area contributed by atoms with E-state index in [9.17, 15) is 9.18 Å². The molecule has 0 radical (unpaired) electrons. The zero-order valence-corrected chi connectivity index (χ0v) is 17.3. The summed E-state index contributed by atoms with van der Waals surface area (Å²) < 4.78 is 19.6. The smallest absolute Gasteiger partial charge is 0.277 e. The van der Waals surface area contributed by atoms with Crippen LogP contribution in [0.5, 0.6) is 5.75 Å². The zero-order valence-electron chi connectivity index (χ0n) is 17.3. The van der Waals surface area contributed by atoms with Gasteiger partial charge in [0.1, 0.15) is 11.6 Å². The first-order chi connectivity index (χ1) is 15.2. The van der Waals surface area contributed by atoms with Gasteiger partial charge >= 0.3 is 0 Å². The van der Waals surface area contributed by atoms with Crippen LogP contribution in [0.15, 0.2) is 59.6 Å². The van der Waals surface area contributed by atoms with E-state index in [0.29, 0.717) is 12.2 Å². The Morgan fingerprint density at radius 3 is 2.74 bits per heavy atom. The Labute approximate surface area is 180 Å².